The van der Waals surface area contributed by atoms with Crippen LogP contribution in [0.15, 0.2) is 83.8 Å². The number of ether oxygens (including phenoxy) is 2. The number of methoxy groups -OCH3 is 1. The Labute approximate surface area is 177 Å². The lowest BCUT2D eigenvalue weighted by molar-refractivity contribution is 0.234. The molecule has 0 heterocycles. The minimum Gasteiger partial charge on any atom is -0.497 e. The second-order valence-electron chi connectivity index (χ2n) is 6.57. The standard InChI is InChI=1S/C23H25NO5S/c1-28-20-12-14-21(15-13-20)30(26,27)24(18-19-8-3-2-4-9-19)22-10-5-6-11-23(22)29-17-7-16-25/h2-6,8-15,25H,7,16-18H2,1H3. The molecule has 1 N–H and O–H groups in total. The predicted octanol–water partition coefficient (Wildman–Crippen LogP) is 3.85. The van der Waals surface area contributed by atoms with E-state index in [1.165, 1.54) is 23.5 Å². The quantitative estimate of drug-likeness (QED) is 0.498. The number of para-hydroxylation sites is 2. The van der Waals surface area contributed by atoms with E-state index in [-0.39, 0.29) is 24.7 Å². The molecular weight excluding hydrogens is 402 g/mol. The Hall–Kier alpha value is -3.03. The van der Waals surface area contributed by atoms with Gasteiger partial charge in [-0.05, 0) is 42.0 Å². The molecule has 0 amide bonds. The molecule has 3 rings (SSSR count). The van der Waals surface area contributed by atoms with E-state index >= 15 is 0 Å². The number of aliphatic hydroxyl groups is 1. The smallest absolute Gasteiger partial charge is 0.264 e. The molecule has 0 aliphatic rings. The first-order chi connectivity index (χ1) is 14.6. The number of sulfonamides is 1. The van der Waals surface area contributed by atoms with Crippen LogP contribution in [0.5, 0.6) is 11.5 Å². The SMILES string of the molecule is COc1ccc(S(=O)(=O)N(Cc2ccccc2)c2ccccc2OCCCO)cc1. The highest BCUT2D eigenvalue weighted by Gasteiger charge is 2.27. The molecule has 3 aromatic carbocycles. The summed E-state index contributed by atoms with van der Waals surface area (Å²) in [5.74, 6) is 1.02. The largest absolute Gasteiger partial charge is 0.497 e. The molecule has 0 aliphatic heterocycles. The Morgan fingerprint density at radius 1 is 0.900 bits per heavy atom. The Balaban J connectivity index is 2.05. The minimum absolute atomic E-state index is 0.0000431. The molecule has 3 aromatic rings. The van der Waals surface area contributed by atoms with Crippen LogP contribution in [-0.4, -0.2) is 33.8 Å². The van der Waals surface area contributed by atoms with Crippen molar-refractivity contribution in [1.29, 1.82) is 0 Å². The zero-order valence-corrected chi connectivity index (χ0v) is 17.6. The van der Waals surface area contributed by atoms with Gasteiger partial charge in [0.05, 0.1) is 30.8 Å². The summed E-state index contributed by atoms with van der Waals surface area (Å²) >= 11 is 0. The Morgan fingerprint density at radius 2 is 1.57 bits per heavy atom. The monoisotopic (exact) mass is 427 g/mol. The van der Waals surface area contributed by atoms with Crippen LogP contribution < -0.4 is 13.8 Å². The molecule has 0 spiro atoms. The average Bonchev–Trinajstić information content (AvgIpc) is 2.79. The maximum Gasteiger partial charge on any atom is 0.264 e. The Kier molecular flexibility index (Phi) is 7.32. The van der Waals surface area contributed by atoms with Crippen LogP contribution in [0.2, 0.25) is 0 Å². The van der Waals surface area contributed by atoms with E-state index in [0.717, 1.165) is 5.56 Å². The van der Waals surface area contributed by atoms with Gasteiger partial charge in [0.25, 0.3) is 10.0 Å². The van der Waals surface area contributed by atoms with Crippen LogP contribution in [0.25, 0.3) is 0 Å². The molecule has 0 aliphatic carbocycles. The number of hydrogen-bond acceptors (Lipinski definition) is 5. The molecule has 0 unspecified atom stereocenters. The third-order valence-electron chi connectivity index (χ3n) is 4.51. The van der Waals surface area contributed by atoms with E-state index in [1.807, 2.05) is 30.3 Å². The minimum atomic E-state index is -3.88. The van der Waals surface area contributed by atoms with E-state index in [0.29, 0.717) is 23.6 Å². The fraction of sp³-hybridized carbons (Fsp3) is 0.217. The number of aliphatic hydroxyl groups excluding tert-OH is 1. The third kappa shape index (κ3) is 5.11. The lowest BCUT2D eigenvalue weighted by Gasteiger charge is -2.26. The highest BCUT2D eigenvalue weighted by molar-refractivity contribution is 7.92. The summed E-state index contributed by atoms with van der Waals surface area (Å²) in [4.78, 5) is 0.157. The second-order valence-corrected chi connectivity index (χ2v) is 8.43. The summed E-state index contributed by atoms with van der Waals surface area (Å²) in [5, 5.41) is 9.04. The van der Waals surface area contributed by atoms with Crippen molar-refractivity contribution in [2.75, 3.05) is 24.6 Å². The van der Waals surface area contributed by atoms with Gasteiger partial charge in [-0.15, -0.1) is 0 Å². The predicted molar refractivity (Wildman–Crippen MR) is 116 cm³/mol. The molecule has 6 nitrogen and oxygen atoms in total. The fourth-order valence-electron chi connectivity index (χ4n) is 2.96. The summed E-state index contributed by atoms with van der Waals surface area (Å²) < 4.78 is 39.5. The maximum absolute atomic E-state index is 13.6. The van der Waals surface area contributed by atoms with Gasteiger partial charge in [-0.1, -0.05) is 42.5 Å². The highest BCUT2D eigenvalue weighted by Crippen LogP contribution is 2.34. The van der Waals surface area contributed by atoms with E-state index in [9.17, 15) is 8.42 Å². The van der Waals surface area contributed by atoms with Crippen molar-refractivity contribution in [3.05, 3.63) is 84.4 Å². The van der Waals surface area contributed by atoms with Gasteiger partial charge in [-0.25, -0.2) is 8.42 Å². The number of anilines is 1. The van der Waals surface area contributed by atoms with Crippen molar-refractivity contribution in [2.24, 2.45) is 0 Å². The summed E-state index contributed by atoms with van der Waals surface area (Å²) in [7, 11) is -2.35. The molecule has 30 heavy (non-hydrogen) atoms. The number of rotatable bonds is 10. The van der Waals surface area contributed by atoms with Crippen molar-refractivity contribution in [1.82, 2.24) is 0 Å². The van der Waals surface area contributed by atoms with Crippen LogP contribution >= 0.6 is 0 Å². The Morgan fingerprint density at radius 3 is 2.23 bits per heavy atom. The molecule has 7 heteroatoms. The van der Waals surface area contributed by atoms with E-state index in [4.69, 9.17) is 14.6 Å². The Bertz CT molecular complexity index is 1040. The molecule has 0 saturated carbocycles. The van der Waals surface area contributed by atoms with Gasteiger partial charge in [0.1, 0.15) is 11.5 Å². The van der Waals surface area contributed by atoms with Crippen molar-refractivity contribution in [3.63, 3.8) is 0 Å². The van der Waals surface area contributed by atoms with Crippen LogP contribution in [0, 0.1) is 0 Å². The van der Waals surface area contributed by atoms with Crippen molar-refractivity contribution < 1.29 is 23.0 Å². The molecule has 0 aromatic heterocycles. The van der Waals surface area contributed by atoms with Crippen LogP contribution in [0.4, 0.5) is 5.69 Å². The first kappa shape index (κ1) is 21.7. The van der Waals surface area contributed by atoms with Crippen LogP contribution in [-0.2, 0) is 16.6 Å². The molecule has 158 valence electrons. The highest BCUT2D eigenvalue weighted by atomic mass is 32.2. The third-order valence-corrected chi connectivity index (χ3v) is 6.28. The van der Waals surface area contributed by atoms with Crippen molar-refractivity contribution in [3.8, 4) is 11.5 Å². The molecule has 0 atom stereocenters. The molecular formula is C23H25NO5S. The van der Waals surface area contributed by atoms with Gasteiger partial charge < -0.3 is 14.6 Å². The van der Waals surface area contributed by atoms with Gasteiger partial charge >= 0.3 is 0 Å². The van der Waals surface area contributed by atoms with Gasteiger partial charge in [-0.3, -0.25) is 4.31 Å². The average molecular weight is 428 g/mol. The maximum atomic E-state index is 13.6. The lowest BCUT2D eigenvalue weighted by atomic mass is 10.2. The zero-order valence-electron chi connectivity index (χ0n) is 16.8. The molecule has 0 radical (unpaired) electrons. The number of nitrogens with zero attached hydrogens (tertiary/aromatic N) is 1. The summed E-state index contributed by atoms with van der Waals surface area (Å²) in [6.45, 7) is 0.435. The van der Waals surface area contributed by atoms with E-state index < -0.39 is 10.0 Å². The molecule has 0 fully saturated rings. The van der Waals surface area contributed by atoms with E-state index in [1.54, 1.807) is 36.4 Å². The lowest BCUT2D eigenvalue weighted by Crippen LogP contribution is -2.31. The summed E-state index contributed by atoms with van der Waals surface area (Å²) in [5.41, 5.74) is 1.29. The second kappa shape index (κ2) is 10.1. The fourth-order valence-corrected chi connectivity index (χ4v) is 4.42. The van der Waals surface area contributed by atoms with Crippen molar-refractivity contribution in [2.45, 2.75) is 17.9 Å². The van der Waals surface area contributed by atoms with Gasteiger partial charge in [0, 0.05) is 13.0 Å². The van der Waals surface area contributed by atoms with Gasteiger partial charge in [0.15, 0.2) is 0 Å². The molecule has 0 bridgehead atoms. The van der Waals surface area contributed by atoms with Crippen molar-refractivity contribution >= 4 is 15.7 Å². The van der Waals surface area contributed by atoms with E-state index in [2.05, 4.69) is 0 Å². The van der Waals surface area contributed by atoms with Gasteiger partial charge in [-0.2, -0.15) is 0 Å². The zero-order chi connectivity index (χ0) is 21.4. The topological polar surface area (TPSA) is 76.1 Å². The first-order valence-corrected chi connectivity index (χ1v) is 11.0. The molecule has 0 saturated heterocycles. The number of hydrogen-bond donors (Lipinski definition) is 1. The number of benzene rings is 3. The first-order valence-electron chi connectivity index (χ1n) is 9.59. The normalized spacial score (nSPS) is 11.1. The summed E-state index contributed by atoms with van der Waals surface area (Å²) in [6.07, 6.45) is 0.457. The van der Waals surface area contributed by atoms with Gasteiger partial charge in [0.2, 0.25) is 0 Å². The van der Waals surface area contributed by atoms with Crippen LogP contribution in [0.3, 0.4) is 0 Å². The van der Waals surface area contributed by atoms with Crippen LogP contribution in [0.1, 0.15) is 12.0 Å². The summed E-state index contributed by atoms with van der Waals surface area (Å²) in [6, 6.07) is 22.7.